The first-order chi connectivity index (χ1) is 14.8. The van der Waals surface area contributed by atoms with Crippen molar-refractivity contribution >= 4 is 17.7 Å². The molecular weight excluding hydrogens is 403 g/mol. The quantitative estimate of drug-likeness (QED) is 0.493. The summed E-state index contributed by atoms with van der Waals surface area (Å²) in [6.07, 6.45) is 2.11. The molecule has 2 aromatic heterocycles. The summed E-state index contributed by atoms with van der Waals surface area (Å²) in [6.45, 7) is 4.40. The molecule has 3 rings (SSSR count). The van der Waals surface area contributed by atoms with Crippen molar-refractivity contribution in [3.05, 3.63) is 64.7 Å². The third-order valence-electron chi connectivity index (χ3n) is 4.60. The minimum absolute atomic E-state index is 0.0324. The number of rotatable bonds is 7. The van der Waals surface area contributed by atoms with E-state index in [4.69, 9.17) is 4.74 Å². The summed E-state index contributed by atoms with van der Waals surface area (Å²) in [4.78, 5) is 23.9. The van der Waals surface area contributed by atoms with Gasteiger partial charge in [0.1, 0.15) is 30.0 Å². The molecular formula is C22H27FN4O4. The first-order valence-electron chi connectivity index (χ1n) is 9.60. The molecule has 0 saturated heterocycles. The number of hydrogen-bond donors (Lipinski definition) is 3. The lowest BCUT2D eigenvalue weighted by Gasteiger charge is -2.21. The zero-order valence-corrected chi connectivity index (χ0v) is 18.0. The summed E-state index contributed by atoms with van der Waals surface area (Å²) in [5.41, 5.74) is 5.53. The van der Waals surface area contributed by atoms with Crippen LogP contribution in [0.3, 0.4) is 0 Å². The second-order valence-electron chi connectivity index (χ2n) is 7.18. The number of nitrogens with one attached hydrogen (secondary N) is 1. The van der Waals surface area contributed by atoms with E-state index >= 15 is 0 Å². The zero-order chi connectivity index (χ0) is 23.2. The molecule has 1 aromatic carbocycles. The third kappa shape index (κ3) is 5.44. The van der Waals surface area contributed by atoms with Gasteiger partial charge in [0.05, 0.1) is 23.4 Å². The maximum absolute atomic E-state index is 14.0. The Balaban J connectivity index is 0.00000166. The Morgan fingerprint density at radius 3 is 2.65 bits per heavy atom. The van der Waals surface area contributed by atoms with Crippen molar-refractivity contribution in [1.82, 2.24) is 14.9 Å². The number of aliphatic hydroxyl groups excluding tert-OH is 1. The van der Waals surface area contributed by atoms with Crippen LogP contribution in [0, 0.1) is 19.7 Å². The van der Waals surface area contributed by atoms with E-state index in [1.165, 1.54) is 24.6 Å². The molecule has 1 unspecified atom stereocenters. The molecule has 3 aromatic rings. The molecule has 0 radical (unpaired) electrons. The van der Waals surface area contributed by atoms with Crippen molar-refractivity contribution in [2.45, 2.75) is 32.9 Å². The van der Waals surface area contributed by atoms with E-state index < -0.39 is 18.1 Å². The van der Waals surface area contributed by atoms with E-state index in [9.17, 15) is 19.1 Å². The summed E-state index contributed by atoms with van der Waals surface area (Å²) in [5.74, 6) is -0.446. The van der Waals surface area contributed by atoms with Gasteiger partial charge in [-0.1, -0.05) is 12.1 Å². The lowest BCUT2D eigenvalue weighted by molar-refractivity contribution is -0.113. The van der Waals surface area contributed by atoms with E-state index in [0.29, 0.717) is 28.8 Å². The maximum Gasteiger partial charge on any atom is 0.256 e. The lowest BCUT2D eigenvalue weighted by Crippen LogP contribution is -2.50. The molecule has 1 atom stereocenters. The third-order valence-corrected chi connectivity index (χ3v) is 4.60. The molecule has 0 aliphatic carbocycles. The molecule has 8 nitrogen and oxygen atoms in total. The average Bonchev–Trinajstić information content (AvgIpc) is 3.09. The van der Waals surface area contributed by atoms with Gasteiger partial charge in [0.2, 0.25) is 0 Å². The van der Waals surface area contributed by atoms with Gasteiger partial charge < -0.3 is 25.7 Å². The number of carbonyl (C=O) groups is 2. The number of aromatic nitrogens is 2. The molecule has 0 aliphatic rings. The summed E-state index contributed by atoms with van der Waals surface area (Å²) < 4.78 is 21.2. The van der Waals surface area contributed by atoms with Crippen molar-refractivity contribution in [1.29, 1.82) is 0 Å². The van der Waals surface area contributed by atoms with Gasteiger partial charge in [0, 0.05) is 17.8 Å². The number of nitrogens with zero attached hydrogens (tertiary/aromatic N) is 2. The molecule has 0 fully saturated rings. The van der Waals surface area contributed by atoms with E-state index in [0.717, 1.165) is 5.56 Å². The Bertz CT molecular complexity index is 1080. The molecule has 0 bridgehead atoms. The molecule has 4 N–H and O–H groups in total. The van der Waals surface area contributed by atoms with Gasteiger partial charge in [0.25, 0.3) is 5.91 Å². The van der Waals surface area contributed by atoms with E-state index in [2.05, 4.69) is 16.1 Å². The van der Waals surface area contributed by atoms with Crippen LogP contribution in [0.15, 0.2) is 36.5 Å². The Labute approximate surface area is 179 Å². The molecule has 0 saturated carbocycles. The predicted octanol–water partition coefficient (Wildman–Crippen LogP) is 1.92. The van der Waals surface area contributed by atoms with Gasteiger partial charge >= 0.3 is 0 Å². The highest BCUT2D eigenvalue weighted by atomic mass is 19.1. The highest BCUT2D eigenvalue weighted by Gasteiger charge is 2.28. The van der Waals surface area contributed by atoms with Crippen LogP contribution in [0.5, 0.6) is 5.75 Å². The number of aryl methyl sites for hydroxylation is 2. The van der Waals surface area contributed by atoms with Crippen LogP contribution in [-0.2, 0) is 11.4 Å². The van der Waals surface area contributed by atoms with Crippen molar-refractivity contribution < 1.29 is 23.8 Å². The minimum atomic E-state index is -1.39. The number of fused-ring (bicyclic) bond motifs is 1. The fourth-order valence-electron chi connectivity index (χ4n) is 2.87. The van der Waals surface area contributed by atoms with Gasteiger partial charge in [-0.15, -0.1) is 0 Å². The van der Waals surface area contributed by atoms with Crippen LogP contribution in [0.4, 0.5) is 4.39 Å². The van der Waals surface area contributed by atoms with Gasteiger partial charge in [-0.2, -0.15) is 5.10 Å². The standard InChI is InChI=1S/C21H22FN3O4.CH5N/c1-13-4-5-15(17(22)8-13)10-29-16-6-7-25-18(9-16)19(14(2)24-25)20(28)23-21(3,11-26)12-27;1-2/h4-9,11,27H,10,12H2,1-3H3,(H,23,28);2H2,1H3. The number of aliphatic hydroxyl groups is 1. The van der Waals surface area contributed by atoms with Crippen LogP contribution in [0.25, 0.3) is 5.52 Å². The zero-order valence-electron chi connectivity index (χ0n) is 18.0. The van der Waals surface area contributed by atoms with Crippen molar-refractivity contribution in [3.63, 3.8) is 0 Å². The second kappa shape index (κ2) is 10.1. The number of ether oxygens (including phenoxy) is 1. The van der Waals surface area contributed by atoms with Crippen LogP contribution >= 0.6 is 0 Å². The molecule has 1 amide bonds. The Hall–Kier alpha value is -3.30. The highest BCUT2D eigenvalue weighted by Crippen LogP contribution is 2.22. The van der Waals surface area contributed by atoms with Crippen molar-refractivity contribution in [3.8, 4) is 5.75 Å². The number of aldehydes is 1. The van der Waals surface area contributed by atoms with Gasteiger partial charge in [0.15, 0.2) is 0 Å². The van der Waals surface area contributed by atoms with E-state index in [1.807, 2.05) is 6.92 Å². The number of carbonyl (C=O) groups excluding carboxylic acids is 2. The van der Waals surface area contributed by atoms with Crippen LogP contribution < -0.4 is 15.8 Å². The van der Waals surface area contributed by atoms with Crippen LogP contribution in [-0.4, -0.2) is 46.1 Å². The number of amides is 1. The summed E-state index contributed by atoms with van der Waals surface area (Å²) >= 11 is 0. The van der Waals surface area contributed by atoms with Gasteiger partial charge in [-0.25, -0.2) is 8.91 Å². The normalized spacial score (nSPS) is 12.5. The molecule has 9 heteroatoms. The van der Waals surface area contributed by atoms with Gasteiger partial charge in [-0.05, 0) is 45.5 Å². The van der Waals surface area contributed by atoms with Crippen molar-refractivity contribution in [2.75, 3.05) is 13.7 Å². The summed E-state index contributed by atoms with van der Waals surface area (Å²) in [5, 5.41) is 16.2. The molecule has 166 valence electrons. The smallest absolute Gasteiger partial charge is 0.256 e. The number of nitrogens with two attached hydrogens (primary N) is 1. The number of pyridine rings is 1. The first-order valence-corrected chi connectivity index (χ1v) is 9.60. The number of halogens is 1. The van der Waals surface area contributed by atoms with Crippen LogP contribution in [0.2, 0.25) is 0 Å². The fraction of sp³-hybridized carbons (Fsp3) is 0.318. The fourth-order valence-corrected chi connectivity index (χ4v) is 2.87. The first kappa shape index (κ1) is 24.0. The topological polar surface area (TPSA) is 119 Å². The Morgan fingerprint density at radius 1 is 1.32 bits per heavy atom. The monoisotopic (exact) mass is 430 g/mol. The van der Waals surface area contributed by atoms with Gasteiger partial charge in [-0.3, -0.25) is 4.79 Å². The molecule has 0 aliphatic heterocycles. The van der Waals surface area contributed by atoms with E-state index in [1.54, 1.807) is 37.4 Å². The Morgan fingerprint density at radius 2 is 2.03 bits per heavy atom. The second-order valence-corrected chi connectivity index (χ2v) is 7.18. The molecule has 0 spiro atoms. The Kier molecular flexibility index (Phi) is 7.84. The lowest BCUT2D eigenvalue weighted by atomic mass is 10.0. The van der Waals surface area contributed by atoms with Crippen molar-refractivity contribution in [2.24, 2.45) is 5.73 Å². The number of hydrogen-bond acceptors (Lipinski definition) is 6. The summed E-state index contributed by atoms with van der Waals surface area (Å²) in [7, 11) is 1.50. The maximum atomic E-state index is 14.0. The molecule has 2 heterocycles. The largest absolute Gasteiger partial charge is 0.489 e. The number of benzene rings is 1. The SMILES string of the molecule is CN.Cc1ccc(COc2ccn3nc(C)c(C(=O)NC(C)(C=O)CO)c3c2)c(F)c1. The van der Waals surface area contributed by atoms with Crippen LogP contribution in [0.1, 0.15) is 34.1 Å². The minimum Gasteiger partial charge on any atom is -0.489 e. The molecule has 31 heavy (non-hydrogen) atoms. The summed E-state index contributed by atoms with van der Waals surface area (Å²) in [6, 6.07) is 8.20. The predicted molar refractivity (Wildman–Crippen MR) is 115 cm³/mol. The van der Waals surface area contributed by atoms with E-state index in [-0.39, 0.29) is 18.0 Å². The average molecular weight is 430 g/mol. The highest BCUT2D eigenvalue weighted by molar-refractivity contribution is 6.03.